The summed E-state index contributed by atoms with van der Waals surface area (Å²) in [5.74, 6) is 0. The quantitative estimate of drug-likeness (QED) is 0.177. The minimum atomic E-state index is 0.844. The Morgan fingerprint density at radius 1 is 0.438 bits per heavy atom. The monoisotopic (exact) mass is 624 g/mol. The van der Waals surface area contributed by atoms with Crippen LogP contribution in [-0.4, -0.2) is 9.97 Å². The molecule has 236 valence electrons. The van der Waals surface area contributed by atoms with Gasteiger partial charge in [-0.1, -0.05) is 77.9 Å². The van der Waals surface area contributed by atoms with Crippen molar-refractivity contribution in [3.8, 4) is 11.3 Å². The zero-order valence-electron chi connectivity index (χ0n) is 28.5. The number of fused-ring (bicyclic) bond motifs is 1. The molecule has 6 aromatic carbocycles. The standard InChI is InChI=1S/C44H40N4/c1-29-22-31(3)43(32(4)23-29)48(44-33(5)24-30(2)25-34(44)6)39-18-16-38(17-19-39)47(41-15-14-35-10-7-8-11-36(35)26-41)40-13-9-12-37(27-40)42-28-45-20-21-46-42/h7-28H,1-6H3. The second-order valence-corrected chi connectivity index (χ2v) is 12.9. The summed E-state index contributed by atoms with van der Waals surface area (Å²) in [4.78, 5) is 13.7. The van der Waals surface area contributed by atoms with E-state index in [0.717, 1.165) is 34.0 Å². The van der Waals surface area contributed by atoms with Crippen molar-refractivity contribution < 1.29 is 0 Å². The molecule has 0 aliphatic heterocycles. The normalized spacial score (nSPS) is 11.1. The first-order valence-electron chi connectivity index (χ1n) is 16.5. The van der Waals surface area contributed by atoms with Crippen molar-refractivity contribution in [1.82, 2.24) is 9.97 Å². The number of anilines is 6. The van der Waals surface area contributed by atoms with Crippen molar-refractivity contribution >= 4 is 44.9 Å². The molecule has 0 aliphatic rings. The van der Waals surface area contributed by atoms with Gasteiger partial charge in [0.25, 0.3) is 0 Å². The third-order valence-electron chi connectivity index (χ3n) is 9.04. The highest BCUT2D eigenvalue weighted by Gasteiger charge is 2.22. The number of rotatable bonds is 7. The van der Waals surface area contributed by atoms with E-state index in [1.54, 1.807) is 12.4 Å². The van der Waals surface area contributed by atoms with Crippen LogP contribution in [0.15, 0.2) is 134 Å². The van der Waals surface area contributed by atoms with Crippen LogP contribution in [-0.2, 0) is 0 Å². The SMILES string of the molecule is Cc1cc(C)c(N(c2ccc(N(c3cccc(-c4cnccn4)c3)c3ccc4ccccc4c3)cc2)c2c(C)cc(C)cc2C)c(C)c1. The number of benzene rings is 6. The molecule has 0 saturated carbocycles. The van der Waals surface area contributed by atoms with E-state index in [1.807, 2.05) is 6.20 Å². The average Bonchev–Trinajstić information content (AvgIpc) is 3.08. The van der Waals surface area contributed by atoms with E-state index in [2.05, 4.69) is 177 Å². The largest absolute Gasteiger partial charge is 0.310 e. The lowest BCUT2D eigenvalue weighted by Gasteiger charge is -2.32. The predicted octanol–water partition coefficient (Wildman–Crippen LogP) is 12.1. The van der Waals surface area contributed by atoms with Crippen molar-refractivity contribution in [1.29, 1.82) is 0 Å². The van der Waals surface area contributed by atoms with Crippen molar-refractivity contribution in [2.75, 3.05) is 9.80 Å². The van der Waals surface area contributed by atoms with E-state index in [0.29, 0.717) is 0 Å². The van der Waals surface area contributed by atoms with E-state index in [1.165, 1.54) is 55.5 Å². The summed E-state index contributed by atoms with van der Waals surface area (Å²) in [6.45, 7) is 13.2. The van der Waals surface area contributed by atoms with Crippen molar-refractivity contribution in [2.45, 2.75) is 41.5 Å². The van der Waals surface area contributed by atoms with Gasteiger partial charge in [0, 0.05) is 40.7 Å². The van der Waals surface area contributed by atoms with Crippen molar-refractivity contribution in [2.24, 2.45) is 0 Å². The molecule has 0 fully saturated rings. The third-order valence-corrected chi connectivity index (χ3v) is 9.04. The second kappa shape index (κ2) is 12.8. The Morgan fingerprint density at radius 2 is 0.979 bits per heavy atom. The van der Waals surface area contributed by atoms with Crippen LogP contribution in [0.25, 0.3) is 22.0 Å². The van der Waals surface area contributed by atoms with Crippen molar-refractivity contribution in [3.63, 3.8) is 0 Å². The summed E-state index contributed by atoms with van der Waals surface area (Å²) in [5.41, 5.74) is 16.2. The highest BCUT2D eigenvalue weighted by atomic mass is 15.2. The topological polar surface area (TPSA) is 32.3 Å². The Bertz CT molecular complexity index is 2150. The summed E-state index contributed by atoms with van der Waals surface area (Å²) < 4.78 is 0. The number of hydrogen-bond acceptors (Lipinski definition) is 4. The fraction of sp³-hybridized carbons (Fsp3) is 0.136. The third kappa shape index (κ3) is 5.93. The van der Waals surface area contributed by atoms with Gasteiger partial charge < -0.3 is 9.80 Å². The van der Waals surface area contributed by atoms with Crippen LogP contribution in [0.1, 0.15) is 33.4 Å². The zero-order chi connectivity index (χ0) is 33.4. The fourth-order valence-corrected chi connectivity index (χ4v) is 7.19. The average molecular weight is 625 g/mol. The molecular formula is C44H40N4. The summed E-state index contributed by atoms with van der Waals surface area (Å²) in [6.07, 6.45) is 5.26. The molecule has 4 nitrogen and oxygen atoms in total. The van der Waals surface area contributed by atoms with Crippen LogP contribution in [0.3, 0.4) is 0 Å². The summed E-state index contributed by atoms with van der Waals surface area (Å²) in [6, 6.07) is 41.9. The molecule has 0 unspecified atom stereocenters. The van der Waals surface area contributed by atoms with E-state index in [4.69, 9.17) is 0 Å². The highest BCUT2D eigenvalue weighted by molar-refractivity contribution is 5.90. The Morgan fingerprint density at radius 3 is 1.56 bits per heavy atom. The first-order chi connectivity index (χ1) is 23.3. The molecule has 0 radical (unpaired) electrons. The number of aryl methyl sites for hydroxylation is 6. The molecule has 48 heavy (non-hydrogen) atoms. The molecule has 7 aromatic rings. The predicted molar refractivity (Wildman–Crippen MR) is 203 cm³/mol. The van der Waals surface area contributed by atoms with Crippen LogP contribution >= 0.6 is 0 Å². The van der Waals surface area contributed by atoms with E-state index >= 15 is 0 Å². The Labute approximate surface area is 284 Å². The summed E-state index contributed by atoms with van der Waals surface area (Å²) >= 11 is 0. The molecule has 1 heterocycles. The fourth-order valence-electron chi connectivity index (χ4n) is 7.19. The molecule has 0 atom stereocenters. The molecular weight excluding hydrogens is 585 g/mol. The lowest BCUT2D eigenvalue weighted by molar-refractivity contribution is 1.16. The van der Waals surface area contributed by atoms with Gasteiger partial charge in [-0.05, 0) is 123 Å². The van der Waals surface area contributed by atoms with Gasteiger partial charge in [0.2, 0.25) is 0 Å². The zero-order valence-corrected chi connectivity index (χ0v) is 28.5. The van der Waals surface area contributed by atoms with Gasteiger partial charge in [0.15, 0.2) is 0 Å². The maximum absolute atomic E-state index is 4.58. The minimum Gasteiger partial charge on any atom is -0.310 e. The summed E-state index contributed by atoms with van der Waals surface area (Å²) in [7, 11) is 0. The Kier molecular flexibility index (Phi) is 8.24. The van der Waals surface area contributed by atoms with Crippen LogP contribution in [0.4, 0.5) is 34.1 Å². The molecule has 4 heteroatoms. The van der Waals surface area contributed by atoms with Gasteiger partial charge >= 0.3 is 0 Å². The van der Waals surface area contributed by atoms with Gasteiger partial charge in [0.05, 0.1) is 23.3 Å². The lowest BCUT2D eigenvalue weighted by Crippen LogP contribution is -2.16. The van der Waals surface area contributed by atoms with Crippen LogP contribution in [0, 0.1) is 41.5 Å². The molecule has 0 saturated heterocycles. The smallest absolute Gasteiger partial charge is 0.0885 e. The second-order valence-electron chi connectivity index (χ2n) is 12.9. The molecule has 7 rings (SSSR count). The van der Waals surface area contributed by atoms with Gasteiger partial charge in [0.1, 0.15) is 0 Å². The van der Waals surface area contributed by atoms with Crippen LogP contribution in [0.5, 0.6) is 0 Å². The number of aromatic nitrogens is 2. The lowest BCUT2D eigenvalue weighted by atomic mass is 9.98. The molecule has 0 amide bonds. The van der Waals surface area contributed by atoms with Gasteiger partial charge in [-0.2, -0.15) is 0 Å². The van der Waals surface area contributed by atoms with Crippen LogP contribution < -0.4 is 9.80 Å². The number of hydrogen-bond donors (Lipinski definition) is 0. The minimum absolute atomic E-state index is 0.844. The van der Waals surface area contributed by atoms with E-state index in [-0.39, 0.29) is 0 Å². The van der Waals surface area contributed by atoms with E-state index in [9.17, 15) is 0 Å². The Hall–Kier alpha value is -5.74. The number of nitrogens with zero attached hydrogens (tertiary/aromatic N) is 4. The summed E-state index contributed by atoms with van der Waals surface area (Å²) in [5, 5.41) is 2.41. The first kappa shape index (κ1) is 30.9. The molecule has 1 aromatic heterocycles. The molecule has 0 aliphatic carbocycles. The van der Waals surface area contributed by atoms with Gasteiger partial charge in [-0.15, -0.1) is 0 Å². The maximum Gasteiger partial charge on any atom is 0.0885 e. The highest BCUT2D eigenvalue weighted by Crippen LogP contribution is 2.44. The Balaban J connectivity index is 1.39. The van der Waals surface area contributed by atoms with Crippen LogP contribution in [0.2, 0.25) is 0 Å². The van der Waals surface area contributed by atoms with Crippen molar-refractivity contribution in [3.05, 3.63) is 167 Å². The van der Waals surface area contributed by atoms with Gasteiger partial charge in [-0.3, -0.25) is 9.97 Å². The van der Waals surface area contributed by atoms with Gasteiger partial charge in [-0.25, -0.2) is 0 Å². The first-order valence-corrected chi connectivity index (χ1v) is 16.5. The maximum atomic E-state index is 4.58. The van der Waals surface area contributed by atoms with E-state index < -0.39 is 0 Å². The molecule has 0 N–H and O–H groups in total. The molecule has 0 spiro atoms. The molecule has 0 bridgehead atoms.